The molecular weight excluding hydrogens is 450 g/mol. The zero-order valence-electron chi connectivity index (χ0n) is 20.4. The topological polar surface area (TPSA) is 97.4 Å². The van der Waals surface area contributed by atoms with Gasteiger partial charge in [-0.2, -0.15) is 0 Å². The van der Waals surface area contributed by atoms with Crippen LogP contribution in [-0.4, -0.2) is 85.3 Å². The van der Waals surface area contributed by atoms with E-state index in [0.717, 1.165) is 32.1 Å². The first-order valence-electron chi connectivity index (χ1n) is 12.8. The zero-order valence-corrected chi connectivity index (χ0v) is 20.4. The quantitative estimate of drug-likeness (QED) is 0.662. The molecule has 0 aromatic heterocycles. The summed E-state index contributed by atoms with van der Waals surface area (Å²) in [6.45, 7) is 2.32. The number of carbonyl (C=O) groups is 3. The summed E-state index contributed by atoms with van der Waals surface area (Å²) in [7, 11) is 1.58. The molecule has 1 spiro atoms. The van der Waals surface area contributed by atoms with Crippen LogP contribution in [0.1, 0.15) is 55.3 Å². The first-order valence-corrected chi connectivity index (χ1v) is 12.8. The third-order valence-electron chi connectivity index (χ3n) is 7.96. The molecule has 5 rings (SSSR count). The molecule has 0 bridgehead atoms. The van der Waals surface area contributed by atoms with Gasteiger partial charge in [-0.15, -0.1) is 0 Å². The highest BCUT2D eigenvalue weighted by Gasteiger charge is 2.54. The maximum absolute atomic E-state index is 13.8. The van der Waals surface area contributed by atoms with E-state index < -0.39 is 11.8 Å². The van der Waals surface area contributed by atoms with Crippen molar-refractivity contribution < 1.29 is 28.6 Å². The van der Waals surface area contributed by atoms with Gasteiger partial charge in [-0.05, 0) is 49.9 Å². The minimum atomic E-state index is -0.904. The Morgan fingerprint density at radius 1 is 1.09 bits per heavy atom. The van der Waals surface area contributed by atoms with Gasteiger partial charge in [0.05, 0.1) is 19.8 Å². The van der Waals surface area contributed by atoms with E-state index in [0.29, 0.717) is 50.4 Å². The van der Waals surface area contributed by atoms with Crippen LogP contribution in [0.3, 0.4) is 0 Å². The minimum absolute atomic E-state index is 0.0155. The number of hydrogen-bond donors (Lipinski definition) is 1. The Hall–Kier alpha value is -2.65. The molecule has 3 amide bonds. The summed E-state index contributed by atoms with van der Waals surface area (Å²) >= 11 is 0. The van der Waals surface area contributed by atoms with Crippen molar-refractivity contribution in [3.8, 4) is 5.75 Å². The second-order valence-corrected chi connectivity index (χ2v) is 10.0. The fraction of sp³-hybridized carbons (Fsp3) is 0.654. The predicted octanol–water partition coefficient (Wildman–Crippen LogP) is 1.95. The average Bonchev–Trinajstić information content (AvgIpc) is 3.50. The molecular formula is C26H35N3O6. The third kappa shape index (κ3) is 4.76. The van der Waals surface area contributed by atoms with Crippen LogP contribution in [0.15, 0.2) is 24.3 Å². The van der Waals surface area contributed by atoms with E-state index in [1.807, 2.05) is 4.90 Å². The van der Waals surface area contributed by atoms with Crippen molar-refractivity contribution in [2.45, 2.75) is 62.8 Å². The molecule has 9 nitrogen and oxygen atoms in total. The van der Waals surface area contributed by atoms with Crippen LogP contribution < -0.4 is 10.1 Å². The molecule has 3 aliphatic heterocycles. The van der Waals surface area contributed by atoms with Crippen molar-refractivity contribution in [3.63, 3.8) is 0 Å². The van der Waals surface area contributed by atoms with E-state index in [1.165, 1.54) is 0 Å². The Labute approximate surface area is 206 Å². The largest absolute Gasteiger partial charge is 0.497 e. The molecule has 0 radical (unpaired) electrons. The number of hydrogen-bond acceptors (Lipinski definition) is 6. The van der Waals surface area contributed by atoms with Crippen LogP contribution in [0.25, 0.3) is 0 Å². The van der Waals surface area contributed by atoms with Crippen molar-refractivity contribution in [2.75, 3.05) is 40.0 Å². The Morgan fingerprint density at radius 2 is 1.83 bits per heavy atom. The number of nitrogens with one attached hydrogen (secondary N) is 1. The summed E-state index contributed by atoms with van der Waals surface area (Å²) in [5.74, 6) is 0.529. The molecule has 1 aliphatic carbocycles. The summed E-state index contributed by atoms with van der Waals surface area (Å²) in [6.07, 6.45) is 5.95. The summed E-state index contributed by atoms with van der Waals surface area (Å²) in [6, 6.07) is 6.17. The Bertz CT molecular complexity index is 933. The summed E-state index contributed by atoms with van der Waals surface area (Å²) in [4.78, 5) is 43.4. The lowest BCUT2D eigenvalue weighted by Crippen LogP contribution is -2.60. The maximum Gasteiger partial charge on any atom is 0.256 e. The van der Waals surface area contributed by atoms with Crippen molar-refractivity contribution >= 4 is 17.7 Å². The lowest BCUT2D eigenvalue weighted by molar-refractivity contribution is -0.149. The normalized spacial score (nSPS) is 26.0. The number of ether oxygens (including phenoxy) is 3. The maximum atomic E-state index is 13.8. The first kappa shape index (κ1) is 24.1. The number of amides is 3. The predicted molar refractivity (Wildman–Crippen MR) is 127 cm³/mol. The highest BCUT2D eigenvalue weighted by molar-refractivity contribution is 5.98. The second-order valence-electron chi connectivity index (χ2n) is 10.0. The van der Waals surface area contributed by atoms with Crippen LogP contribution >= 0.6 is 0 Å². The third-order valence-corrected chi connectivity index (χ3v) is 7.96. The molecule has 35 heavy (non-hydrogen) atoms. The van der Waals surface area contributed by atoms with Gasteiger partial charge in [0.25, 0.3) is 5.91 Å². The van der Waals surface area contributed by atoms with Crippen LogP contribution in [0.4, 0.5) is 0 Å². The van der Waals surface area contributed by atoms with Gasteiger partial charge in [-0.3, -0.25) is 19.3 Å². The van der Waals surface area contributed by atoms with Gasteiger partial charge < -0.3 is 24.4 Å². The van der Waals surface area contributed by atoms with E-state index >= 15 is 0 Å². The lowest BCUT2D eigenvalue weighted by Gasteiger charge is -2.45. The van der Waals surface area contributed by atoms with Gasteiger partial charge >= 0.3 is 0 Å². The molecule has 2 unspecified atom stereocenters. The smallest absolute Gasteiger partial charge is 0.256 e. The van der Waals surface area contributed by atoms with E-state index in [2.05, 4.69) is 5.32 Å². The second kappa shape index (κ2) is 10.1. The van der Waals surface area contributed by atoms with Gasteiger partial charge in [-0.1, -0.05) is 6.42 Å². The SMILES string of the molecule is COc1ccc(C(=O)N2C(C(=O)NCC3CCCO3)COC23CCN(C(=O)C2CCC2)CC3)cc1. The number of methoxy groups -OCH3 is 1. The van der Waals surface area contributed by atoms with Crippen LogP contribution in [-0.2, 0) is 19.1 Å². The highest BCUT2D eigenvalue weighted by atomic mass is 16.5. The Kier molecular flexibility index (Phi) is 6.98. The van der Waals surface area contributed by atoms with E-state index in [1.54, 1.807) is 36.3 Å². The zero-order chi connectivity index (χ0) is 24.4. The molecule has 3 saturated heterocycles. The number of piperidine rings is 1. The van der Waals surface area contributed by atoms with E-state index in [9.17, 15) is 14.4 Å². The van der Waals surface area contributed by atoms with Gasteiger partial charge in [-0.25, -0.2) is 0 Å². The first-order chi connectivity index (χ1) is 17.0. The standard InChI is InChI=1S/C26H35N3O6/c1-33-20-9-7-19(8-10-20)25(32)29-22(23(30)27-16-21-6-3-15-34-21)17-35-26(29)11-13-28(14-12-26)24(31)18-4-2-5-18/h7-10,18,21-22H,2-6,11-17H2,1H3,(H,27,30). The van der Waals surface area contributed by atoms with Crippen LogP contribution in [0, 0.1) is 5.92 Å². The number of benzene rings is 1. The lowest BCUT2D eigenvalue weighted by atomic mass is 9.83. The molecule has 1 saturated carbocycles. The number of rotatable bonds is 6. The monoisotopic (exact) mass is 485 g/mol. The average molecular weight is 486 g/mol. The minimum Gasteiger partial charge on any atom is -0.497 e. The molecule has 1 aromatic carbocycles. The number of nitrogens with zero attached hydrogens (tertiary/aromatic N) is 2. The van der Waals surface area contributed by atoms with Gasteiger partial charge in [0, 0.05) is 50.6 Å². The fourth-order valence-corrected chi connectivity index (χ4v) is 5.57. The molecule has 1 aromatic rings. The molecule has 9 heteroatoms. The molecule has 4 fully saturated rings. The molecule has 2 atom stereocenters. The number of likely N-dealkylation sites (tertiary alicyclic amines) is 1. The fourth-order valence-electron chi connectivity index (χ4n) is 5.57. The van der Waals surface area contributed by atoms with E-state index in [-0.39, 0.29) is 36.4 Å². The molecule has 190 valence electrons. The molecule has 3 heterocycles. The summed E-state index contributed by atoms with van der Waals surface area (Å²) in [5, 5.41) is 2.98. The number of carbonyl (C=O) groups excluding carboxylic acids is 3. The summed E-state index contributed by atoms with van der Waals surface area (Å²) < 4.78 is 17.1. The van der Waals surface area contributed by atoms with Crippen LogP contribution in [0.5, 0.6) is 5.75 Å². The Balaban J connectivity index is 1.33. The van der Waals surface area contributed by atoms with Crippen molar-refractivity contribution in [3.05, 3.63) is 29.8 Å². The van der Waals surface area contributed by atoms with Crippen molar-refractivity contribution in [1.29, 1.82) is 0 Å². The molecule has 1 N–H and O–H groups in total. The van der Waals surface area contributed by atoms with Crippen molar-refractivity contribution in [2.24, 2.45) is 5.92 Å². The van der Waals surface area contributed by atoms with E-state index in [4.69, 9.17) is 14.2 Å². The molecule has 4 aliphatic rings. The summed E-state index contributed by atoms with van der Waals surface area (Å²) in [5.41, 5.74) is -0.431. The van der Waals surface area contributed by atoms with Crippen LogP contribution in [0.2, 0.25) is 0 Å². The Morgan fingerprint density at radius 3 is 2.43 bits per heavy atom. The van der Waals surface area contributed by atoms with Gasteiger partial charge in [0.2, 0.25) is 11.8 Å². The highest BCUT2D eigenvalue weighted by Crippen LogP contribution is 2.40. The van der Waals surface area contributed by atoms with Crippen molar-refractivity contribution in [1.82, 2.24) is 15.1 Å². The van der Waals surface area contributed by atoms with Gasteiger partial charge in [0.1, 0.15) is 17.5 Å². The van der Waals surface area contributed by atoms with Gasteiger partial charge in [0.15, 0.2) is 0 Å².